The van der Waals surface area contributed by atoms with E-state index < -0.39 is 0 Å². The number of hydrogen-bond donors (Lipinski definition) is 1. The van der Waals surface area contributed by atoms with Crippen LogP contribution in [0.25, 0.3) is 0 Å². The first kappa shape index (κ1) is 14.2. The first-order valence-electron chi connectivity index (χ1n) is 7.01. The van der Waals surface area contributed by atoms with Gasteiger partial charge >= 0.3 is 0 Å². The normalized spacial score (nSPS) is 20.2. The third kappa shape index (κ3) is 4.40. The molecule has 4 heteroatoms. The second-order valence-corrected chi connectivity index (χ2v) is 4.97. The van der Waals surface area contributed by atoms with Crippen LogP contribution in [0.1, 0.15) is 13.3 Å². The Hall–Kier alpha value is -1.26. The van der Waals surface area contributed by atoms with E-state index in [4.69, 9.17) is 9.47 Å². The summed E-state index contributed by atoms with van der Waals surface area (Å²) >= 11 is 0. The summed E-state index contributed by atoms with van der Waals surface area (Å²) in [6, 6.07) is 8.38. The second kappa shape index (κ2) is 7.36. The van der Waals surface area contributed by atoms with E-state index in [-0.39, 0.29) is 0 Å². The monoisotopic (exact) mass is 264 g/mol. The molecule has 1 fully saturated rings. The SMILES string of the molecule is COc1ccc(OCCCN2CCNCC2C)cc1. The van der Waals surface area contributed by atoms with Crippen molar-refractivity contribution in [3.05, 3.63) is 24.3 Å². The van der Waals surface area contributed by atoms with Gasteiger partial charge in [-0.05, 0) is 37.6 Å². The van der Waals surface area contributed by atoms with Crippen LogP contribution >= 0.6 is 0 Å². The highest BCUT2D eigenvalue weighted by molar-refractivity contribution is 5.31. The van der Waals surface area contributed by atoms with E-state index >= 15 is 0 Å². The maximum atomic E-state index is 5.73. The number of methoxy groups -OCH3 is 1. The maximum absolute atomic E-state index is 5.73. The fourth-order valence-corrected chi connectivity index (χ4v) is 2.34. The number of benzene rings is 1. The Bertz CT molecular complexity index is 367. The van der Waals surface area contributed by atoms with Crippen LogP contribution in [0.15, 0.2) is 24.3 Å². The summed E-state index contributed by atoms with van der Waals surface area (Å²) in [5, 5.41) is 3.41. The van der Waals surface area contributed by atoms with Gasteiger partial charge in [0.05, 0.1) is 13.7 Å². The van der Waals surface area contributed by atoms with Crippen molar-refractivity contribution in [2.24, 2.45) is 0 Å². The predicted octanol–water partition coefficient (Wildman–Crippen LogP) is 1.76. The number of nitrogens with one attached hydrogen (secondary N) is 1. The van der Waals surface area contributed by atoms with Gasteiger partial charge in [-0.3, -0.25) is 4.90 Å². The first-order valence-corrected chi connectivity index (χ1v) is 7.01. The van der Waals surface area contributed by atoms with E-state index in [9.17, 15) is 0 Å². The lowest BCUT2D eigenvalue weighted by atomic mass is 10.2. The van der Waals surface area contributed by atoms with Crippen LogP contribution in [0.5, 0.6) is 11.5 Å². The van der Waals surface area contributed by atoms with Gasteiger partial charge in [0.15, 0.2) is 0 Å². The molecule has 0 bridgehead atoms. The Balaban J connectivity index is 1.65. The Morgan fingerprint density at radius 3 is 2.68 bits per heavy atom. The van der Waals surface area contributed by atoms with Gasteiger partial charge in [-0.25, -0.2) is 0 Å². The van der Waals surface area contributed by atoms with Crippen molar-refractivity contribution >= 4 is 0 Å². The molecule has 0 saturated carbocycles. The van der Waals surface area contributed by atoms with Gasteiger partial charge < -0.3 is 14.8 Å². The minimum atomic E-state index is 0.634. The van der Waals surface area contributed by atoms with E-state index in [0.29, 0.717) is 6.04 Å². The number of nitrogens with zero attached hydrogens (tertiary/aromatic N) is 1. The molecule has 1 saturated heterocycles. The van der Waals surface area contributed by atoms with Crippen molar-refractivity contribution in [2.45, 2.75) is 19.4 Å². The molecule has 4 nitrogen and oxygen atoms in total. The van der Waals surface area contributed by atoms with Crippen molar-refractivity contribution in [1.82, 2.24) is 10.2 Å². The van der Waals surface area contributed by atoms with Crippen LogP contribution in [0, 0.1) is 0 Å². The van der Waals surface area contributed by atoms with Crippen LogP contribution in [-0.2, 0) is 0 Å². The molecule has 1 aromatic carbocycles. The lowest BCUT2D eigenvalue weighted by Gasteiger charge is -2.33. The molecule has 0 amide bonds. The van der Waals surface area contributed by atoms with Gasteiger partial charge in [-0.15, -0.1) is 0 Å². The highest BCUT2D eigenvalue weighted by Gasteiger charge is 2.16. The molecule has 0 radical (unpaired) electrons. The zero-order chi connectivity index (χ0) is 13.5. The Labute approximate surface area is 115 Å². The summed E-state index contributed by atoms with van der Waals surface area (Å²) in [5.41, 5.74) is 0. The molecule has 106 valence electrons. The summed E-state index contributed by atoms with van der Waals surface area (Å²) in [5.74, 6) is 1.77. The highest BCUT2D eigenvalue weighted by atomic mass is 16.5. The molecule has 1 aliphatic rings. The lowest BCUT2D eigenvalue weighted by molar-refractivity contribution is 0.160. The van der Waals surface area contributed by atoms with Crippen LogP contribution in [0.2, 0.25) is 0 Å². The quantitative estimate of drug-likeness (QED) is 0.794. The van der Waals surface area contributed by atoms with E-state index in [1.54, 1.807) is 7.11 Å². The standard InChI is InChI=1S/C15H24N2O2/c1-13-12-16-8-10-17(13)9-3-11-19-15-6-4-14(18-2)5-7-15/h4-7,13,16H,3,8-12H2,1-2H3. The molecule has 2 rings (SSSR count). The van der Waals surface area contributed by atoms with Crippen LogP contribution < -0.4 is 14.8 Å². The molecule has 1 unspecified atom stereocenters. The van der Waals surface area contributed by atoms with Gasteiger partial charge in [-0.1, -0.05) is 0 Å². The summed E-state index contributed by atoms with van der Waals surface area (Å²) in [7, 11) is 1.67. The minimum absolute atomic E-state index is 0.634. The summed E-state index contributed by atoms with van der Waals surface area (Å²) < 4.78 is 10.9. The van der Waals surface area contributed by atoms with Crippen molar-refractivity contribution in [2.75, 3.05) is 39.9 Å². The van der Waals surface area contributed by atoms with Gasteiger partial charge in [0.2, 0.25) is 0 Å². The number of ether oxygens (including phenoxy) is 2. The molecular weight excluding hydrogens is 240 g/mol. The van der Waals surface area contributed by atoms with Crippen molar-refractivity contribution in [3.63, 3.8) is 0 Å². The Kier molecular flexibility index (Phi) is 5.48. The van der Waals surface area contributed by atoms with Crippen LogP contribution in [0.4, 0.5) is 0 Å². The zero-order valence-corrected chi connectivity index (χ0v) is 11.9. The topological polar surface area (TPSA) is 33.7 Å². The summed E-state index contributed by atoms with van der Waals surface area (Å²) in [4.78, 5) is 2.52. The molecule has 1 aromatic rings. The third-order valence-electron chi connectivity index (χ3n) is 3.56. The van der Waals surface area contributed by atoms with E-state index in [1.165, 1.54) is 0 Å². The second-order valence-electron chi connectivity index (χ2n) is 4.97. The molecule has 1 heterocycles. The van der Waals surface area contributed by atoms with Gasteiger partial charge in [-0.2, -0.15) is 0 Å². The largest absolute Gasteiger partial charge is 0.497 e. The molecule has 1 atom stereocenters. The number of piperazine rings is 1. The molecular formula is C15H24N2O2. The van der Waals surface area contributed by atoms with Gasteiger partial charge in [0.25, 0.3) is 0 Å². The van der Waals surface area contributed by atoms with Crippen molar-refractivity contribution in [1.29, 1.82) is 0 Å². The molecule has 1 N–H and O–H groups in total. The fourth-order valence-electron chi connectivity index (χ4n) is 2.34. The fraction of sp³-hybridized carbons (Fsp3) is 0.600. The summed E-state index contributed by atoms with van der Waals surface area (Å²) in [6.45, 7) is 7.49. The minimum Gasteiger partial charge on any atom is -0.497 e. The zero-order valence-electron chi connectivity index (χ0n) is 11.9. The van der Waals surface area contributed by atoms with Crippen molar-refractivity contribution < 1.29 is 9.47 Å². The van der Waals surface area contributed by atoms with E-state index in [1.807, 2.05) is 24.3 Å². The summed E-state index contributed by atoms with van der Waals surface area (Å²) in [6.07, 6.45) is 1.07. The highest BCUT2D eigenvalue weighted by Crippen LogP contribution is 2.17. The van der Waals surface area contributed by atoms with Crippen LogP contribution in [0.3, 0.4) is 0 Å². The molecule has 0 spiro atoms. The number of rotatable bonds is 6. The van der Waals surface area contributed by atoms with E-state index in [0.717, 1.165) is 50.7 Å². The third-order valence-corrected chi connectivity index (χ3v) is 3.56. The van der Waals surface area contributed by atoms with E-state index in [2.05, 4.69) is 17.1 Å². The van der Waals surface area contributed by atoms with Gasteiger partial charge in [0.1, 0.15) is 11.5 Å². The number of hydrogen-bond acceptors (Lipinski definition) is 4. The molecule has 0 aliphatic carbocycles. The van der Waals surface area contributed by atoms with Crippen LogP contribution in [-0.4, -0.2) is 50.8 Å². The molecule has 0 aromatic heterocycles. The van der Waals surface area contributed by atoms with Crippen molar-refractivity contribution in [3.8, 4) is 11.5 Å². The Morgan fingerprint density at radius 2 is 2.00 bits per heavy atom. The Morgan fingerprint density at radius 1 is 1.26 bits per heavy atom. The average molecular weight is 264 g/mol. The average Bonchev–Trinajstić information content (AvgIpc) is 2.46. The predicted molar refractivity (Wildman–Crippen MR) is 77.0 cm³/mol. The molecule has 19 heavy (non-hydrogen) atoms. The maximum Gasteiger partial charge on any atom is 0.119 e. The smallest absolute Gasteiger partial charge is 0.119 e. The first-order chi connectivity index (χ1) is 9.29. The molecule has 1 aliphatic heterocycles. The lowest BCUT2D eigenvalue weighted by Crippen LogP contribution is -2.50. The van der Waals surface area contributed by atoms with Gasteiger partial charge in [0, 0.05) is 32.2 Å².